The summed E-state index contributed by atoms with van der Waals surface area (Å²) >= 11 is 0. The van der Waals surface area contributed by atoms with Gasteiger partial charge >= 0.3 is 12.1 Å². The number of fused-ring (bicyclic) bond motifs is 6. The number of amides is 4. The van der Waals surface area contributed by atoms with Gasteiger partial charge in [-0.3, -0.25) is 29.1 Å². The number of para-hydroxylation sites is 1. The molecule has 4 heterocycles. The lowest BCUT2D eigenvalue weighted by Crippen LogP contribution is -2.56. The first-order valence-electron chi connectivity index (χ1n) is 13.3. The molecule has 2 saturated heterocycles. The molecular weight excluding hydrogens is 526 g/mol. The van der Waals surface area contributed by atoms with Crippen molar-refractivity contribution >= 4 is 35.5 Å². The number of imide groups is 1. The van der Waals surface area contributed by atoms with Crippen LogP contribution in [0.25, 0.3) is 0 Å². The van der Waals surface area contributed by atoms with Gasteiger partial charge in [-0.15, -0.1) is 0 Å². The summed E-state index contributed by atoms with van der Waals surface area (Å²) in [5, 5.41) is 0. The van der Waals surface area contributed by atoms with Crippen LogP contribution in [0.3, 0.4) is 0 Å². The average molecular weight is 552 g/mol. The van der Waals surface area contributed by atoms with Crippen molar-refractivity contribution in [2.75, 3.05) is 4.90 Å². The van der Waals surface area contributed by atoms with Gasteiger partial charge in [-0.25, -0.2) is 9.59 Å². The minimum Gasteiger partial charge on any atom is -0.448 e. The summed E-state index contributed by atoms with van der Waals surface area (Å²) in [6.07, 6.45) is -1.98. The predicted octanol–water partition coefficient (Wildman–Crippen LogP) is 3.60. The Balaban J connectivity index is 1.30. The highest BCUT2D eigenvalue weighted by molar-refractivity contribution is 6.23. The third-order valence-electron chi connectivity index (χ3n) is 8.46. The van der Waals surface area contributed by atoms with Crippen LogP contribution in [-0.4, -0.2) is 57.3 Å². The Labute approximate surface area is 235 Å². The van der Waals surface area contributed by atoms with E-state index in [1.165, 1.54) is 9.80 Å². The maximum absolute atomic E-state index is 13.9. The van der Waals surface area contributed by atoms with Crippen LogP contribution in [-0.2, 0) is 31.3 Å². The highest BCUT2D eigenvalue weighted by atomic mass is 16.6. The normalized spacial score (nSPS) is 25.5. The number of esters is 1. The van der Waals surface area contributed by atoms with E-state index in [0.717, 1.165) is 10.5 Å². The van der Waals surface area contributed by atoms with Crippen molar-refractivity contribution in [3.63, 3.8) is 0 Å². The first kappa shape index (κ1) is 25.0. The van der Waals surface area contributed by atoms with Gasteiger partial charge in [-0.1, -0.05) is 60.7 Å². The predicted molar refractivity (Wildman–Crippen MR) is 143 cm³/mol. The molecular formula is C31H25N3O7. The number of rotatable bonds is 3. The highest BCUT2D eigenvalue weighted by Gasteiger charge is 2.72. The van der Waals surface area contributed by atoms with E-state index in [2.05, 4.69) is 0 Å². The van der Waals surface area contributed by atoms with E-state index in [-0.39, 0.29) is 30.1 Å². The van der Waals surface area contributed by atoms with Crippen molar-refractivity contribution in [3.05, 3.63) is 101 Å². The minimum atomic E-state index is -1.54. The molecule has 4 aliphatic heterocycles. The van der Waals surface area contributed by atoms with Gasteiger partial charge < -0.3 is 9.47 Å². The molecule has 10 heteroatoms. The largest absolute Gasteiger partial charge is 0.448 e. The van der Waals surface area contributed by atoms with Gasteiger partial charge in [-0.05, 0) is 37.6 Å². The zero-order chi connectivity index (χ0) is 28.7. The van der Waals surface area contributed by atoms with E-state index in [1.807, 2.05) is 30.3 Å². The Hall–Kier alpha value is -4.99. The van der Waals surface area contributed by atoms with Crippen LogP contribution in [0.15, 0.2) is 78.9 Å². The van der Waals surface area contributed by atoms with Gasteiger partial charge in [0.25, 0.3) is 17.7 Å². The molecule has 0 bridgehead atoms. The SMILES string of the molecule is CC1(C)C(=O)N2c3ccccc3[C@@]3(C[C@H](N4C(=O)c5ccccc5C4=O)C(=O)O3)[C@@H]2N1C(=O)OCc1ccccc1. The minimum absolute atomic E-state index is 0.0232. The highest BCUT2D eigenvalue weighted by Crippen LogP contribution is 2.58. The Kier molecular flexibility index (Phi) is 5.19. The van der Waals surface area contributed by atoms with Gasteiger partial charge in [0.2, 0.25) is 0 Å². The van der Waals surface area contributed by atoms with E-state index in [4.69, 9.17) is 9.47 Å². The van der Waals surface area contributed by atoms with Crippen molar-refractivity contribution < 1.29 is 33.4 Å². The fraction of sp³-hybridized carbons (Fsp3) is 0.258. The van der Waals surface area contributed by atoms with Crippen LogP contribution in [0.4, 0.5) is 10.5 Å². The summed E-state index contributed by atoms with van der Waals surface area (Å²) in [5.41, 5.74) is -0.691. The molecule has 7 rings (SSSR count). The maximum Gasteiger partial charge on any atom is 0.412 e. The summed E-state index contributed by atoms with van der Waals surface area (Å²) in [7, 11) is 0. The van der Waals surface area contributed by atoms with Crippen molar-refractivity contribution in [2.24, 2.45) is 0 Å². The maximum atomic E-state index is 13.9. The lowest BCUT2D eigenvalue weighted by Gasteiger charge is -2.38. The molecule has 206 valence electrons. The van der Waals surface area contributed by atoms with Gasteiger partial charge in [0, 0.05) is 12.0 Å². The molecule has 0 saturated carbocycles. The number of hydrogen-bond donors (Lipinski definition) is 0. The number of carbonyl (C=O) groups is 5. The van der Waals surface area contributed by atoms with Crippen LogP contribution in [0.2, 0.25) is 0 Å². The lowest BCUT2D eigenvalue weighted by molar-refractivity contribution is -0.155. The molecule has 1 spiro atoms. The van der Waals surface area contributed by atoms with E-state index in [0.29, 0.717) is 11.3 Å². The smallest absolute Gasteiger partial charge is 0.412 e. The topological polar surface area (TPSA) is 114 Å². The van der Waals surface area contributed by atoms with E-state index in [1.54, 1.807) is 62.4 Å². The summed E-state index contributed by atoms with van der Waals surface area (Å²) in [4.78, 5) is 71.6. The molecule has 10 nitrogen and oxygen atoms in total. The molecule has 41 heavy (non-hydrogen) atoms. The van der Waals surface area contributed by atoms with Crippen molar-refractivity contribution in [1.82, 2.24) is 9.80 Å². The van der Waals surface area contributed by atoms with Crippen LogP contribution >= 0.6 is 0 Å². The standard InChI is InChI=1S/C31H25N3O7/c1-30(2)28(38)33-22-15-9-8-14-21(22)31(27(33)34(30)29(39)40-17-18-10-4-3-5-11-18)16-23(26(37)41-31)32-24(35)19-12-6-7-13-20(19)25(32)36/h3-15,23,27H,16-17H2,1-2H3/t23-,27-,31-/m0/s1. The van der Waals surface area contributed by atoms with E-state index < -0.39 is 47.2 Å². The van der Waals surface area contributed by atoms with Gasteiger partial charge in [-0.2, -0.15) is 0 Å². The molecule has 0 aromatic heterocycles. The van der Waals surface area contributed by atoms with E-state index >= 15 is 0 Å². The lowest BCUT2D eigenvalue weighted by atomic mass is 9.87. The van der Waals surface area contributed by atoms with Gasteiger partial charge in [0.1, 0.15) is 18.2 Å². The molecule has 2 fully saturated rings. The third kappa shape index (κ3) is 3.27. The van der Waals surface area contributed by atoms with E-state index in [9.17, 15) is 24.0 Å². The second-order valence-corrected chi connectivity index (χ2v) is 11.1. The van der Waals surface area contributed by atoms with Crippen LogP contribution in [0.5, 0.6) is 0 Å². The fourth-order valence-corrected chi connectivity index (χ4v) is 6.56. The monoisotopic (exact) mass is 551 g/mol. The Bertz CT molecular complexity index is 1630. The molecule has 4 aliphatic rings. The second-order valence-electron chi connectivity index (χ2n) is 11.1. The summed E-state index contributed by atoms with van der Waals surface area (Å²) in [6.45, 7) is 3.21. The van der Waals surface area contributed by atoms with Crippen LogP contribution in [0.1, 0.15) is 52.1 Å². The Morgan fingerprint density at radius 3 is 2.15 bits per heavy atom. The number of benzene rings is 3. The summed E-state index contributed by atoms with van der Waals surface area (Å²) in [5.74, 6) is -2.33. The Morgan fingerprint density at radius 2 is 1.46 bits per heavy atom. The Morgan fingerprint density at radius 1 is 0.854 bits per heavy atom. The van der Waals surface area contributed by atoms with Crippen molar-refractivity contribution in [2.45, 2.75) is 50.2 Å². The molecule has 0 aliphatic carbocycles. The molecule has 0 N–H and O–H groups in total. The molecule has 3 aromatic rings. The molecule has 0 radical (unpaired) electrons. The first-order valence-corrected chi connectivity index (χ1v) is 13.3. The number of carbonyl (C=O) groups excluding carboxylic acids is 5. The average Bonchev–Trinajstić information content (AvgIpc) is 3.61. The molecule has 3 aromatic carbocycles. The quantitative estimate of drug-likeness (QED) is 0.361. The van der Waals surface area contributed by atoms with Gasteiger partial charge in [0.05, 0.1) is 16.8 Å². The zero-order valence-electron chi connectivity index (χ0n) is 22.3. The first-order chi connectivity index (χ1) is 19.7. The zero-order valence-corrected chi connectivity index (χ0v) is 22.3. The van der Waals surface area contributed by atoms with Crippen molar-refractivity contribution in [1.29, 1.82) is 0 Å². The number of ether oxygens (including phenoxy) is 2. The molecule has 3 atom stereocenters. The summed E-state index contributed by atoms with van der Waals surface area (Å²) in [6, 6.07) is 21.2. The number of nitrogens with zero attached hydrogens (tertiary/aromatic N) is 3. The summed E-state index contributed by atoms with van der Waals surface area (Å²) < 4.78 is 11.8. The number of hydrogen-bond acceptors (Lipinski definition) is 7. The second kappa shape index (κ2) is 8.50. The van der Waals surface area contributed by atoms with Crippen molar-refractivity contribution in [3.8, 4) is 0 Å². The third-order valence-corrected chi connectivity index (χ3v) is 8.46. The van der Waals surface area contributed by atoms with Crippen LogP contribution < -0.4 is 4.90 Å². The number of anilines is 1. The molecule has 0 unspecified atom stereocenters. The van der Waals surface area contributed by atoms with Crippen LogP contribution in [0, 0.1) is 0 Å². The molecule has 4 amide bonds. The van der Waals surface area contributed by atoms with Gasteiger partial charge in [0.15, 0.2) is 11.8 Å². The fourth-order valence-electron chi connectivity index (χ4n) is 6.56.